The van der Waals surface area contributed by atoms with Crippen LogP contribution in [-0.4, -0.2) is 50.7 Å². The van der Waals surface area contributed by atoms with E-state index < -0.39 is 0 Å². The third kappa shape index (κ3) is 3.75. The first kappa shape index (κ1) is 20.6. The molecule has 2 aliphatic rings. The maximum Gasteiger partial charge on any atom is 0.272 e. The fourth-order valence-electron chi connectivity index (χ4n) is 4.55. The number of carbonyl (C=O) groups excluding carboxylic acids is 1. The number of hydrogen-bond donors (Lipinski definition) is 1. The third-order valence-electron chi connectivity index (χ3n) is 6.24. The van der Waals surface area contributed by atoms with Gasteiger partial charge in [0.1, 0.15) is 29.6 Å². The van der Waals surface area contributed by atoms with Gasteiger partial charge in [0.05, 0.1) is 12.3 Å². The maximum absolute atomic E-state index is 13.3. The summed E-state index contributed by atoms with van der Waals surface area (Å²) in [4.78, 5) is 24.3. The van der Waals surface area contributed by atoms with Crippen molar-refractivity contribution in [3.8, 4) is 17.0 Å². The second kappa shape index (κ2) is 8.70. The minimum Gasteiger partial charge on any atom is -0.488 e. The van der Waals surface area contributed by atoms with E-state index in [1.54, 1.807) is 0 Å². The number of hydrogen-bond acceptors (Lipinski definition) is 6. The summed E-state index contributed by atoms with van der Waals surface area (Å²) in [5, 5.41) is 7.42. The molecule has 1 N–H and O–H groups in total. The van der Waals surface area contributed by atoms with E-state index in [-0.39, 0.29) is 5.91 Å². The Kier molecular flexibility index (Phi) is 5.61. The number of nitrogens with zero attached hydrogens (tertiary/aromatic N) is 4. The van der Waals surface area contributed by atoms with E-state index >= 15 is 0 Å². The number of H-pyrrole nitrogens is 1. The molecule has 1 aromatic carbocycles. The van der Waals surface area contributed by atoms with Crippen LogP contribution in [0.2, 0.25) is 0 Å². The van der Waals surface area contributed by atoms with Crippen molar-refractivity contribution >= 4 is 5.91 Å². The molecular formula is C24H27N5O3. The Morgan fingerprint density at radius 2 is 2.09 bits per heavy atom. The highest BCUT2D eigenvalue weighted by atomic mass is 16.5. The van der Waals surface area contributed by atoms with Crippen LogP contribution in [0.25, 0.3) is 11.3 Å². The van der Waals surface area contributed by atoms with Gasteiger partial charge >= 0.3 is 0 Å². The molecule has 2 aromatic heterocycles. The Morgan fingerprint density at radius 1 is 1.28 bits per heavy atom. The summed E-state index contributed by atoms with van der Waals surface area (Å²) >= 11 is 0. The van der Waals surface area contributed by atoms with Gasteiger partial charge < -0.3 is 14.4 Å². The van der Waals surface area contributed by atoms with E-state index in [1.807, 2.05) is 49.2 Å². The SMILES string of the molecule is CCOCc1cnc(C)nc1C1CCN(C(=O)c2[nH]nc3c2COc2ccccc2-3)CC1. The van der Waals surface area contributed by atoms with Gasteiger partial charge in [0.2, 0.25) is 0 Å². The minimum atomic E-state index is -0.0198. The first-order valence-electron chi connectivity index (χ1n) is 11.1. The Balaban J connectivity index is 1.31. The summed E-state index contributed by atoms with van der Waals surface area (Å²) < 4.78 is 11.5. The van der Waals surface area contributed by atoms with Crippen LogP contribution in [0.3, 0.4) is 0 Å². The lowest BCUT2D eigenvalue weighted by Crippen LogP contribution is -2.39. The molecule has 1 fully saturated rings. The van der Waals surface area contributed by atoms with Crippen LogP contribution in [0.4, 0.5) is 0 Å². The van der Waals surface area contributed by atoms with Crippen LogP contribution in [0.5, 0.6) is 5.75 Å². The van der Waals surface area contributed by atoms with Crippen molar-refractivity contribution in [3.05, 3.63) is 58.8 Å². The van der Waals surface area contributed by atoms with Crippen molar-refractivity contribution in [1.29, 1.82) is 0 Å². The van der Waals surface area contributed by atoms with Crippen LogP contribution < -0.4 is 4.74 Å². The van der Waals surface area contributed by atoms with Crippen LogP contribution >= 0.6 is 0 Å². The molecule has 4 heterocycles. The maximum atomic E-state index is 13.3. The molecule has 0 saturated carbocycles. The average Bonchev–Trinajstić information content (AvgIpc) is 3.27. The van der Waals surface area contributed by atoms with Crippen molar-refractivity contribution < 1.29 is 14.3 Å². The first-order valence-corrected chi connectivity index (χ1v) is 11.1. The summed E-state index contributed by atoms with van der Waals surface area (Å²) in [6.45, 7) is 6.76. The highest BCUT2D eigenvalue weighted by Gasteiger charge is 2.31. The van der Waals surface area contributed by atoms with Gasteiger partial charge in [-0.1, -0.05) is 12.1 Å². The topological polar surface area (TPSA) is 93.2 Å². The highest BCUT2D eigenvalue weighted by Crippen LogP contribution is 2.37. The fraction of sp³-hybridized carbons (Fsp3) is 0.417. The summed E-state index contributed by atoms with van der Waals surface area (Å²) in [6.07, 6.45) is 3.59. The molecule has 1 saturated heterocycles. The number of para-hydroxylation sites is 1. The number of fused-ring (bicyclic) bond motifs is 3. The molecule has 1 amide bonds. The molecule has 32 heavy (non-hydrogen) atoms. The van der Waals surface area contributed by atoms with Gasteiger partial charge in [0, 0.05) is 48.5 Å². The van der Waals surface area contributed by atoms with Gasteiger partial charge in [-0.3, -0.25) is 9.89 Å². The van der Waals surface area contributed by atoms with Gasteiger partial charge in [-0.05, 0) is 38.8 Å². The lowest BCUT2D eigenvalue weighted by atomic mass is 9.90. The monoisotopic (exact) mass is 433 g/mol. The Morgan fingerprint density at radius 3 is 2.91 bits per heavy atom. The highest BCUT2D eigenvalue weighted by molar-refractivity contribution is 5.96. The number of aromatic nitrogens is 4. The van der Waals surface area contributed by atoms with E-state index in [0.717, 1.165) is 52.5 Å². The molecule has 8 nitrogen and oxygen atoms in total. The third-order valence-corrected chi connectivity index (χ3v) is 6.24. The Bertz CT molecular complexity index is 1130. The lowest BCUT2D eigenvalue weighted by molar-refractivity contribution is 0.0701. The lowest BCUT2D eigenvalue weighted by Gasteiger charge is -2.32. The molecule has 0 bridgehead atoms. The van der Waals surface area contributed by atoms with Crippen LogP contribution in [0.15, 0.2) is 30.5 Å². The number of amides is 1. The second-order valence-corrected chi connectivity index (χ2v) is 8.24. The Labute approximate surface area is 187 Å². The molecule has 5 rings (SSSR count). The smallest absolute Gasteiger partial charge is 0.272 e. The predicted octanol–water partition coefficient (Wildman–Crippen LogP) is 3.62. The normalized spacial score (nSPS) is 15.8. The van der Waals surface area contributed by atoms with Gasteiger partial charge in [0.25, 0.3) is 5.91 Å². The van der Waals surface area contributed by atoms with Crippen LogP contribution in [0.1, 0.15) is 58.8 Å². The van der Waals surface area contributed by atoms with Crippen LogP contribution in [0, 0.1) is 6.92 Å². The molecule has 166 valence electrons. The Hall–Kier alpha value is -3.26. The van der Waals surface area contributed by atoms with Crippen LogP contribution in [-0.2, 0) is 18.0 Å². The number of rotatable bonds is 5. The fourth-order valence-corrected chi connectivity index (χ4v) is 4.55. The molecule has 0 radical (unpaired) electrons. The van der Waals surface area contributed by atoms with E-state index in [0.29, 0.717) is 44.5 Å². The van der Waals surface area contributed by atoms with Gasteiger partial charge in [-0.2, -0.15) is 5.10 Å². The van der Waals surface area contributed by atoms with Crippen molar-refractivity contribution in [1.82, 2.24) is 25.1 Å². The molecule has 2 aliphatic heterocycles. The van der Waals surface area contributed by atoms with E-state index in [2.05, 4.69) is 15.2 Å². The predicted molar refractivity (Wildman–Crippen MR) is 118 cm³/mol. The molecule has 3 aromatic rings. The summed E-state index contributed by atoms with van der Waals surface area (Å²) in [5.74, 6) is 1.84. The number of piperidine rings is 1. The number of aromatic amines is 1. The zero-order chi connectivity index (χ0) is 22.1. The van der Waals surface area contributed by atoms with Gasteiger partial charge in [-0.25, -0.2) is 9.97 Å². The number of nitrogens with one attached hydrogen (secondary N) is 1. The van der Waals surface area contributed by atoms with Crippen molar-refractivity contribution in [2.75, 3.05) is 19.7 Å². The summed E-state index contributed by atoms with van der Waals surface area (Å²) in [6, 6.07) is 7.78. The first-order chi connectivity index (χ1) is 15.7. The van der Waals surface area contributed by atoms with Crippen molar-refractivity contribution in [3.63, 3.8) is 0 Å². The molecular weight excluding hydrogens is 406 g/mol. The molecule has 0 spiro atoms. The van der Waals surface area contributed by atoms with Gasteiger partial charge in [-0.15, -0.1) is 0 Å². The number of benzene rings is 1. The zero-order valence-corrected chi connectivity index (χ0v) is 18.4. The quantitative estimate of drug-likeness (QED) is 0.661. The number of ether oxygens (including phenoxy) is 2. The largest absolute Gasteiger partial charge is 0.488 e. The van der Waals surface area contributed by atoms with Crippen molar-refractivity contribution in [2.45, 2.75) is 45.8 Å². The molecule has 0 atom stereocenters. The minimum absolute atomic E-state index is 0.0198. The van der Waals surface area contributed by atoms with Gasteiger partial charge in [0.15, 0.2) is 0 Å². The van der Waals surface area contributed by atoms with Crippen molar-refractivity contribution in [2.24, 2.45) is 0 Å². The van der Waals surface area contributed by atoms with E-state index in [4.69, 9.17) is 14.5 Å². The summed E-state index contributed by atoms with van der Waals surface area (Å²) in [5.41, 5.74) is 5.19. The van der Waals surface area contributed by atoms with E-state index in [9.17, 15) is 4.79 Å². The molecule has 0 aliphatic carbocycles. The zero-order valence-electron chi connectivity index (χ0n) is 18.4. The summed E-state index contributed by atoms with van der Waals surface area (Å²) in [7, 11) is 0. The standard InChI is InChI=1S/C24H27N5O3/c1-3-31-13-17-12-25-15(2)26-21(17)16-8-10-29(11-9-16)24(30)23-19-14-32-20-7-5-4-6-18(20)22(19)27-28-23/h4-7,12,16H,3,8-11,13-14H2,1-2H3,(H,27,28). The number of carbonyl (C=O) groups is 1. The number of likely N-dealkylation sites (tertiary alicyclic amines) is 1. The second-order valence-electron chi connectivity index (χ2n) is 8.24. The van der Waals surface area contributed by atoms with E-state index in [1.165, 1.54) is 0 Å². The molecule has 8 heteroatoms. The average molecular weight is 434 g/mol. The molecule has 0 unspecified atom stereocenters. The number of aryl methyl sites for hydroxylation is 1.